The number of ether oxygens (including phenoxy) is 1. The molecule has 1 heterocycles. The highest BCUT2D eigenvalue weighted by molar-refractivity contribution is 5.96. The highest BCUT2D eigenvalue weighted by Crippen LogP contribution is 2.21. The Morgan fingerprint density at radius 1 is 1.17 bits per heavy atom. The van der Waals surface area contributed by atoms with Gasteiger partial charge in [0.2, 0.25) is 5.91 Å². The number of rotatable bonds is 6. The molecule has 0 aromatic heterocycles. The zero-order chi connectivity index (χ0) is 21.7. The van der Waals surface area contributed by atoms with Gasteiger partial charge in [-0.1, -0.05) is 12.1 Å². The van der Waals surface area contributed by atoms with Crippen LogP contribution in [0.3, 0.4) is 0 Å². The first-order valence-electron chi connectivity index (χ1n) is 10.4. The zero-order valence-corrected chi connectivity index (χ0v) is 18.7. The molecule has 0 unspecified atom stereocenters. The van der Waals surface area contributed by atoms with Gasteiger partial charge in [0.1, 0.15) is 18.2 Å². The van der Waals surface area contributed by atoms with E-state index in [0.717, 1.165) is 24.1 Å². The van der Waals surface area contributed by atoms with Gasteiger partial charge >= 0.3 is 6.09 Å². The van der Waals surface area contributed by atoms with E-state index in [1.807, 2.05) is 12.1 Å². The normalized spacial score (nSPS) is 16.8. The smallest absolute Gasteiger partial charge is 0.408 e. The molecule has 7 nitrogen and oxygen atoms in total. The molecule has 1 fully saturated rings. The first kappa shape index (κ1) is 23.2. The lowest BCUT2D eigenvalue weighted by Gasteiger charge is -2.40. The molecule has 1 aromatic rings. The molecule has 2 amide bonds. The Labute approximate surface area is 174 Å². The van der Waals surface area contributed by atoms with Crippen LogP contribution in [0.15, 0.2) is 24.3 Å². The van der Waals surface area contributed by atoms with Gasteiger partial charge in [0.15, 0.2) is 0 Å². The van der Waals surface area contributed by atoms with Gasteiger partial charge in [-0.2, -0.15) is 0 Å². The fourth-order valence-electron chi connectivity index (χ4n) is 3.60. The van der Waals surface area contributed by atoms with Crippen molar-refractivity contribution in [3.63, 3.8) is 0 Å². The summed E-state index contributed by atoms with van der Waals surface area (Å²) in [6.07, 6.45) is 1.79. The summed E-state index contributed by atoms with van der Waals surface area (Å²) in [5.74, 6) is -0.283. The van der Waals surface area contributed by atoms with Crippen LogP contribution in [0.4, 0.5) is 10.5 Å². The lowest BCUT2D eigenvalue weighted by Crippen LogP contribution is -2.52. The Morgan fingerprint density at radius 3 is 2.31 bits per heavy atom. The Balaban J connectivity index is 1.87. The number of benzene rings is 1. The highest BCUT2D eigenvalue weighted by atomic mass is 16.6. The number of alkyl carbamates (subject to hydrolysis) is 1. The van der Waals surface area contributed by atoms with Crippen LogP contribution in [0.25, 0.3) is 0 Å². The third-order valence-corrected chi connectivity index (χ3v) is 5.24. The van der Waals surface area contributed by atoms with Crippen molar-refractivity contribution < 1.29 is 18.8 Å². The van der Waals surface area contributed by atoms with Crippen molar-refractivity contribution in [1.82, 2.24) is 10.6 Å². The molecule has 2 rings (SSSR count). The van der Waals surface area contributed by atoms with Crippen LogP contribution in [-0.4, -0.2) is 61.4 Å². The van der Waals surface area contributed by atoms with Crippen molar-refractivity contribution in [2.45, 2.75) is 64.8 Å². The number of amides is 2. The number of carbonyl (C=O) groups is 2. The summed E-state index contributed by atoms with van der Waals surface area (Å²) in [6, 6.07) is 7.91. The minimum Gasteiger partial charge on any atom is -0.444 e. The molecular weight excluding hydrogens is 368 g/mol. The van der Waals surface area contributed by atoms with Gasteiger partial charge in [0.05, 0.1) is 20.1 Å². The summed E-state index contributed by atoms with van der Waals surface area (Å²) in [6.45, 7) is 10.1. The molecule has 0 spiro atoms. The van der Waals surface area contributed by atoms with E-state index in [9.17, 15) is 9.59 Å². The van der Waals surface area contributed by atoms with Crippen LogP contribution in [0, 0.1) is 0 Å². The molecule has 0 aliphatic carbocycles. The first-order valence-corrected chi connectivity index (χ1v) is 10.4. The maximum Gasteiger partial charge on any atom is 0.408 e. The molecular formula is C22H37N4O3+. The van der Waals surface area contributed by atoms with Gasteiger partial charge < -0.3 is 25.2 Å². The van der Waals surface area contributed by atoms with E-state index in [-0.39, 0.29) is 5.91 Å². The molecule has 3 N–H and O–H groups in total. The zero-order valence-electron chi connectivity index (χ0n) is 18.7. The molecule has 1 saturated heterocycles. The van der Waals surface area contributed by atoms with Gasteiger partial charge in [-0.15, -0.1) is 0 Å². The third-order valence-electron chi connectivity index (χ3n) is 5.24. The van der Waals surface area contributed by atoms with Crippen LogP contribution in [0.1, 0.15) is 46.1 Å². The Kier molecular flexibility index (Phi) is 7.66. The van der Waals surface area contributed by atoms with Gasteiger partial charge in [0.25, 0.3) is 0 Å². The average molecular weight is 406 g/mol. The number of carbonyl (C=O) groups excluding carboxylic acids is 2. The number of nitrogens with one attached hydrogen (secondary N) is 3. The maximum absolute atomic E-state index is 12.3. The van der Waals surface area contributed by atoms with Crippen LogP contribution < -0.4 is 16.0 Å². The second-order valence-electron chi connectivity index (χ2n) is 9.47. The summed E-state index contributed by atoms with van der Waals surface area (Å²) in [5, 5.41) is 8.82. The molecule has 0 saturated carbocycles. The van der Waals surface area contributed by atoms with Crippen molar-refractivity contribution >= 4 is 17.7 Å². The third kappa shape index (κ3) is 7.66. The summed E-state index contributed by atoms with van der Waals surface area (Å²) in [5.41, 5.74) is 1.35. The molecule has 1 aliphatic heterocycles. The van der Waals surface area contributed by atoms with Gasteiger partial charge in [-0.25, -0.2) is 4.79 Å². The molecule has 1 aliphatic rings. The number of quaternary nitrogens is 1. The molecule has 162 valence electrons. The molecule has 0 bridgehead atoms. The predicted octanol–water partition coefficient (Wildman–Crippen LogP) is 2.87. The summed E-state index contributed by atoms with van der Waals surface area (Å²) < 4.78 is 6.15. The molecule has 7 heteroatoms. The van der Waals surface area contributed by atoms with Crippen LogP contribution in [0.2, 0.25) is 0 Å². The second kappa shape index (κ2) is 9.59. The average Bonchev–Trinajstić information content (AvgIpc) is 2.62. The Bertz CT molecular complexity index is 689. The second-order valence-corrected chi connectivity index (χ2v) is 9.47. The molecule has 29 heavy (non-hydrogen) atoms. The molecule has 0 radical (unpaired) electrons. The van der Waals surface area contributed by atoms with Crippen LogP contribution in [-0.2, 0) is 16.1 Å². The van der Waals surface area contributed by atoms with E-state index in [2.05, 4.69) is 42.2 Å². The Hall–Kier alpha value is -2.12. The van der Waals surface area contributed by atoms with Crippen molar-refractivity contribution in [2.75, 3.05) is 32.5 Å². The largest absolute Gasteiger partial charge is 0.444 e. The number of hydrogen-bond donors (Lipinski definition) is 3. The summed E-state index contributed by atoms with van der Waals surface area (Å²) in [7, 11) is 4.57. The monoisotopic (exact) mass is 405 g/mol. The Morgan fingerprint density at radius 2 is 1.76 bits per heavy atom. The lowest BCUT2D eigenvalue weighted by atomic mass is 10.0. The standard InChI is InChI=1S/C22H36N4O3/c1-16(24-21(28)29-22(2,3)4)20(27)25-18-9-7-17(8-10-18)15-26(5,6)19-11-13-23-14-12-19/h7-10,16,19,23H,11-15H2,1-6H3,(H-,24,25,27,28)/p+1/t16-/m0/s1. The quantitative estimate of drug-likeness (QED) is 0.636. The summed E-state index contributed by atoms with van der Waals surface area (Å²) >= 11 is 0. The highest BCUT2D eigenvalue weighted by Gasteiger charge is 2.29. The lowest BCUT2D eigenvalue weighted by molar-refractivity contribution is -0.928. The SMILES string of the molecule is C[C@H](NC(=O)OC(C)(C)C)C(=O)Nc1ccc(C[N+](C)(C)C2CCNCC2)cc1. The first-order chi connectivity index (χ1) is 13.5. The van der Waals surface area contributed by atoms with E-state index < -0.39 is 17.7 Å². The van der Waals surface area contributed by atoms with Crippen molar-refractivity contribution in [1.29, 1.82) is 0 Å². The van der Waals surface area contributed by atoms with Crippen LogP contribution in [0.5, 0.6) is 0 Å². The number of anilines is 1. The number of hydrogen-bond acceptors (Lipinski definition) is 4. The fourth-order valence-corrected chi connectivity index (χ4v) is 3.60. The number of nitrogens with zero attached hydrogens (tertiary/aromatic N) is 1. The number of piperidine rings is 1. The molecule has 1 aromatic carbocycles. The fraction of sp³-hybridized carbons (Fsp3) is 0.636. The predicted molar refractivity (Wildman–Crippen MR) is 116 cm³/mol. The topological polar surface area (TPSA) is 79.5 Å². The van der Waals surface area contributed by atoms with Gasteiger partial charge in [-0.3, -0.25) is 4.79 Å². The van der Waals surface area contributed by atoms with E-state index in [0.29, 0.717) is 11.7 Å². The van der Waals surface area contributed by atoms with E-state index in [1.165, 1.54) is 18.4 Å². The van der Waals surface area contributed by atoms with Crippen LogP contribution >= 0.6 is 0 Å². The minimum absolute atomic E-state index is 0.283. The van der Waals surface area contributed by atoms with Gasteiger partial charge in [-0.05, 0) is 39.8 Å². The van der Waals surface area contributed by atoms with Crippen molar-refractivity contribution in [2.24, 2.45) is 0 Å². The van der Waals surface area contributed by atoms with E-state index in [1.54, 1.807) is 27.7 Å². The van der Waals surface area contributed by atoms with Crippen molar-refractivity contribution in [3.8, 4) is 0 Å². The van der Waals surface area contributed by atoms with E-state index >= 15 is 0 Å². The maximum atomic E-state index is 12.3. The summed E-state index contributed by atoms with van der Waals surface area (Å²) in [4.78, 5) is 24.2. The van der Waals surface area contributed by atoms with Crippen molar-refractivity contribution in [3.05, 3.63) is 29.8 Å². The molecule has 1 atom stereocenters. The van der Waals surface area contributed by atoms with E-state index in [4.69, 9.17) is 4.74 Å². The minimum atomic E-state index is -0.694. The van der Waals surface area contributed by atoms with Gasteiger partial charge in [0, 0.05) is 37.2 Å².